The normalized spacial score (nSPS) is 16.4. The Bertz CT molecular complexity index is 914. The van der Waals surface area contributed by atoms with E-state index in [2.05, 4.69) is 5.32 Å². The number of carbonyl (C=O) groups excluding carboxylic acids is 1. The maximum absolute atomic E-state index is 12.5. The number of anilines is 1. The molecule has 0 bridgehead atoms. The van der Waals surface area contributed by atoms with Crippen molar-refractivity contribution in [2.24, 2.45) is 0 Å². The van der Waals surface area contributed by atoms with Crippen LogP contribution in [-0.4, -0.2) is 45.5 Å². The Labute approximate surface area is 164 Å². The van der Waals surface area contributed by atoms with Gasteiger partial charge in [-0.3, -0.25) is 9.10 Å². The van der Waals surface area contributed by atoms with Crippen LogP contribution >= 0.6 is 11.8 Å². The highest BCUT2D eigenvalue weighted by Crippen LogP contribution is 2.34. The fourth-order valence-electron chi connectivity index (χ4n) is 2.74. The first-order valence-electron chi connectivity index (χ1n) is 8.55. The van der Waals surface area contributed by atoms with Gasteiger partial charge in [-0.15, -0.1) is 11.8 Å². The number of benzene rings is 2. The second kappa shape index (κ2) is 8.22. The minimum Gasteiger partial charge on any atom is -0.476 e. The Morgan fingerprint density at radius 2 is 1.93 bits per heavy atom. The SMILES string of the molecule is Cc1ccc(SCCNC(=O)[C@H]2CN(S(C)(=O)=O)c3ccccc3O2)cc1. The molecule has 1 amide bonds. The zero-order valence-corrected chi connectivity index (χ0v) is 16.8. The number of para-hydroxylation sites is 2. The van der Waals surface area contributed by atoms with E-state index in [1.54, 1.807) is 36.0 Å². The molecule has 0 saturated carbocycles. The van der Waals surface area contributed by atoms with Crippen LogP contribution in [0.4, 0.5) is 5.69 Å². The van der Waals surface area contributed by atoms with E-state index in [4.69, 9.17) is 4.74 Å². The van der Waals surface area contributed by atoms with Crippen molar-refractivity contribution in [2.45, 2.75) is 17.9 Å². The summed E-state index contributed by atoms with van der Waals surface area (Å²) in [7, 11) is -3.50. The summed E-state index contributed by atoms with van der Waals surface area (Å²) in [6, 6.07) is 15.0. The van der Waals surface area contributed by atoms with E-state index in [0.29, 0.717) is 23.7 Å². The Morgan fingerprint density at radius 1 is 1.22 bits per heavy atom. The number of aryl methyl sites for hydroxylation is 1. The van der Waals surface area contributed by atoms with Crippen molar-refractivity contribution < 1.29 is 17.9 Å². The van der Waals surface area contributed by atoms with Gasteiger partial charge in [0, 0.05) is 17.2 Å². The van der Waals surface area contributed by atoms with Crippen LogP contribution in [0.15, 0.2) is 53.4 Å². The zero-order valence-electron chi connectivity index (χ0n) is 15.2. The third-order valence-electron chi connectivity index (χ3n) is 4.12. The standard InChI is InChI=1S/C19H22N2O4S2/c1-14-7-9-15(10-8-14)26-12-11-20-19(22)18-13-21(27(2,23)24)16-5-3-4-6-17(16)25-18/h3-10,18H,11-13H2,1-2H3,(H,20,22)/t18-/m1/s1. The molecule has 0 aliphatic carbocycles. The fourth-order valence-corrected chi connectivity index (χ4v) is 4.43. The van der Waals surface area contributed by atoms with Crippen molar-refractivity contribution in [1.82, 2.24) is 5.32 Å². The Balaban J connectivity index is 1.58. The van der Waals surface area contributed by atoms with Gasteiger partial charge in [-0.2, -0.15) is 0 Å². The van der Waals surface area contributed by atoms with Crippen LogP contribution in [0.5, 0.6) is 5.75 Å². The van der Waals surface area contributed by atoms with Crippen LogP contribution in [0.1, 0.15) is 5.56 Å². The van der Waals surface area contributed by atoms with E-state index in [1.165, 1.54) is 9.87 Å². The van der Waals surface area contributed by atoms with E-state index < -0.39 is 16.1 Å². The number of sulfonamides is 1. The molecule has 1 aliphatic heterocycles. The van der Waals surface area contributed by atoms with Crippen LogP contribution < -0.4 is 14.4 Å². The zero-order chi connectivity index (χ0) is 19.4. The molecule has 1 aliphatic rings. The molecule has 0 radical (unpaired) electrons. The van der Waals surface area contributed by atoms with Gasteiger partial charge in [0.15, 0.2) is 6.10 Å². The third kappa shape index (κ3) is 4.95. The van der Waals surface area contributed by atoms with Crippen molar-refractivity contribution in [3.63, 3.8) is 0 Å². The van der Waals surface area contributed by atoms with Gasteiger partial charge in [0.05, 0.1) is 18.5 Å². The van der Waals surface area contributed by atoms with Gasteiger partial charge in [-0.05, 0) is 31.2 Å². The Morgan fingerprint density at radius 3 is 2.63 bits per heavy atom. The summed E-state index contributed by atoms with van der Waals surface area (Å²) in [6.45, 7) is 2.47. The number of thioether (sulfide) groups is 1. The van der Waals surface area contributed by atoms with Gasteiger partial charge >= 0.3 is 0 Å². The number of hydrogen-bond acceptors (Lipinski definition) is 5. The molecule has 6 nitrogen and oxygen atoms in total. The van der Waals surface area contributed by atoms with Crippen LogP contribution in [0.25, 0.3) is 0 Å². The minimum atomic E-state index is -3.50. The van der Waals surface area contributed by atoms with Crippen molar-refractivity contribution >= 4 is 33.4 Å². The maximum atomic E-state index is 12.5. The molecule has 0 unspecified atom stereocenters. The molecule has 0 fully saturated rings. The van der Waals surface area contributed by atoms with Gasteiger partial charge in [-0.25, -0.2) is 8.42 Å². The van der Waals surface area contributed by atoms with Gasteiger partial charge in [-0.1, -0.05) is 29.8 Å². The predicted molar refractivity (Wildman–Crippen MR) is 108 cm³/mol. The molecule has 27 heavy (non-hydrogen) atoms. The summed E-state index contributed by atoms with van der Waals surface area (Å²) in [5.74, 6) is 0.791. The maximum Gasteiger partial charge on any atom is 0.263 e. The first-order chi connectivity index (χ1) is 12.8. The number of carbonyl (C=O) groups is 1. The van der Waals surface area contributed by atoms with Gasteiger partial charge < -0.3 is 10.1 Å². The summed E-state index contributed by atoms with van der Waals surface area (Å²) in [5, 5.41) is 2.83. The van der Waals surface area contributed by atoms with Gasteiger partial charge in [0.2, 0.25) is 10.0 Å². The molecule has 2 aromatic rings. The van der Waals surface area contributed by atoms with Crippen LogP contribution in [0.3, 0.4) is 0 Å². The lowest BCUT2D eigenvalue weighted by Gasteiger charge is -2.33. The number of nitrogens with one attached hydrogen (secondary N) is 1. The number of amides is 1. The fraction of sp³-hybridized carbons (Fsp3) is 0.316. The second-order valence-corrected chi connectivity index (χ2v) is 9.40. The summed E-state index contributed by atoms with van der Waals surface area (Å²) in [4.78, 5) is 13.6. The molecule has 0 spiro atoms. The van der Waals surface area contributed by atoms with E-state index >= 15 is 0 Å². The van der Waals surface area contributed by atoms with E-state index in [9.17, 15) is 13.2 Å². The Hall–Kier alpha value is -2.19. The van der Waals surface area contributed by atoms with Crippen LogP contribution in [-0.2, 0) is 14.8 Å². The smallest absolute Gasteiger partial charge is 0.263 e. The molecule has 1 N–H and O–H groups in total. The quantitative estimate of drug-likeness (QED) is 0.589. The van der Waals surface area contributed by atoms with E-state index in [0.717, 1.165) is 11.2 Å². The highest BCUT2D eigenvalue weighted by Gasteiger charge is 2.34. The monoisotopic (exact) mass is 406 g/mol. The summed E-state index contributed by atoms with van der Waals surface area (Å²) in [6.07, 6.45) is 0.251. The molecule has 3 rings (SSSR count). The second-order valence-electron chi connectivity index (χ2n) is 6.32. The molecule has 144 valence electrons. The molecule has 1 heterocycles. The lowest BCUT2D eigenvalue weighted by atomic mass is 10.2. The predicted octanol–water partition coefficient (Wildman–Crippen LogP) is 2.43. The minimum absolute atomic E-state index is 0.0349. The number of rotatable bonds is 6. The lowest BCUT2D eigenvalue weighted by Crippen LogP contribution is -2.50. The summed E-state index contributed by atoms with van der Waals surface area (Å²) in [5.41, 5.74) is 1.66. The first-order valence-corrected chi connectivity index (χ1v) is 11.4. The molecule has 0 saturated heterocycles. The Kier molecular flexibility index (Phi) is 5.96. The van der Waals surface area contributed by atoms with Crippen molar-refractivity contribution in [3.05, 3.63) is 54.1 Å². The average Bonchev–Trinajstić information content (AvgIpc) is 2.64. The number of hydrogen-bond donors (Lipinski definition) is 1. The number of nitrogens with zero attached hydrogens (tertiary/aromatic N) is 1. The van der Waals surface area contributed by atoms with Crippen LogP contribution in [0, 0.1) is 6.92 Å². The third-order valence-corrected chi connectivity index (χ3v) is 6.28. The summed E-state index contributed by atoms with van der Waals surface area (Å²) < 4.78 is 31.1. The van der Waals surface area contributed by atoms with Gasteiger partial charge in [0.1, 0.15) is 5.75 Å². The first kappa shape index (κ1) is 19.6. The van der Waals surface area contributed by atoms with Crippen LogP contribution in [0.2, 0.25) is 0 Å². The molecule has 1 atom stereocenters. The lowest BCUT2D eigenvalue weighted by molar-refractivity contribution is -0.127. The van der Waals surface area contributed by atoms with Crippen molar-refractivity contribution in [2.75, 3.05) is 29.4 Å². The molecule has 2 aromatic carbocycles. The van der Waals surface area contributed by atoms with E-state index in [1.807, 2.05) is 31.2 Å². The van der Waals surface area contributed by atoms with E-state index in [-0.39, 0.29) is 12.5 Å². The molecular weight excluding hydrogens is 384 g/mol. The van der Waals surface area contributed by atoms with Gasteiger partial charge in [0.25, 0.3) is 5.91 Å². The van der Waals surface area contributed by atoms with Crippen molar-refractivity contribution in [1.29, 1.82) is 0 Å². The number of fused-ring (bicyclic) bond motifs is 1. The molecule has 0 aromatic heterocycles. The highest BCUT2D eigenvalue weighted by molar-refractivity contribution is 7.99. The van der Waals surface area contributed by atoms with Crippen molar-refractivity contribution in [3.8, 4) is 5.75 Å². The average molecular weight is 407 g/mol. The number of ether oxygens (including phenoxy) is 1. The molecular formula is C19H22N2O4S2. The molecule has 8 heteroatoms. The topological polar surface area (TPSA) is 75.7 Å². The summed E-state index contributed by atoms with van der Waals surface area (Å²) >= 11 is 1.65. The largest absolute Gasteiger partial charge is 0.476 e. The highest BCUT2D eigenvalue weighted by atomic mass is 32.2.